The highest BCUT2D eigenvalue weighted by Crippen LogP contribution is 2.37. The van der Waals surface area contributed by atoms with Crippen LogP contribution in [0.25, 0.3) is 0 Å². The molecule has 1 aliphatic heterocycles. The van der Waals surface area contributed by atoms with Crippen LogP contribution >= 0.6 is 0 Å². The second-order valence-corrected chi connectivity index (χ2v) is 4.58. The van der Waals surface area contributed by atoms with Crippen molar-refractivity contribution in [3.8, 4) is 0 Å². The van der Waals surface area contributed by atoms with Gasteiger partial charge in [0.15, 0.2) is 0 Å². The summed E-state index contributed by atoms with van der Waals surface area (Å²) in [7, 11) is 1.87. The number of hydrogen-bond donors (Lipinski definition) is 1. The molecule has 1 fully saturated rings. The van der Waals surface area contributed by atoms with Crippen molar-refractivity contribution in [3.63, 3.8) is 0 Å². The Kier molecular flexibility index (Phi) is 3.14. The van der Waals surface area contributed by atoms with Crippen molar-refractivity contribution in [2.45, 2.75) is 18.1 Å². The van der Waals surface area contributed by atoms with Gasteiger partial charge in [0.2, 0.25) is 0 Å². The predicted molar refractivity (Wildman–Crippen MR) is 59.7 cm³/mol. The highest BCUT2D eigenvalue weighted by molar-refractivity contribution is 5.35. The highest BCUT2D eigenvalue weighted by atomic mass is 19.4. The van der Waals surface area contributed by atoms with Crippen LogP contribution in [-0.2, 0) is 6.18 Å². The largest absolute Gasteiger partial charge is 0.416 e. The maximum Gasteiger partial charge on any atom is 0.416 e. The molecule has 1 heterocycles. The molecule has 1 saturated heterocycles. The molecule has 2 atom stereocenters. The molecule has 0 aromatic heterocycles. The van der Waals surface area contributed by atoms with Gasteiger partial charge in [-0.05, 0) is 18.7 Å². The molecule has 2 N–H and O–H groups in total. The number of hydrogen-bond acceptors (Lipinski definition) is 2. The quantitative estimate of drug-likeness (QED) is 0.819. The number of halogens is 3. The summed E-state index contributed by atoms with van der Waals surface area (Å²) < 4.78 is 38.6. The van der Waals surface area contributed by atoms with Crippen molar-refractivity contribution >= 4 is 0 Å². The summed E-state index contributed by atoms with van der Waals surface area (Å²) in [6, 6.07) is 5.47. The molecule has 1 aromatic rings. The molecule has 0 aliphatic carbocycles. The van der Waals surface area contributed by atoms with E-state index in [-0.39, 0.29) is 12.0 Å². The van der Waals surface area contributed by atoms with Crippen LogP contribution in [0.2, 0.25) is 0 Å². The number of likely N-dealkylation sites (N-methyl/N-ethyl adjacent to an activating group) is 1. The van der Waals surface area contributed by atoms with Gasteiger partial charge < -0.3 is 10.6 Å². The van der Waals surface area contributed by atoms with E-state index in [9.17, 15) is 13.2 Å². The van der Waals surface area contributed by atoms with Gasteiger partial charge in [-0.25, -0.2) is 0 Å². The second-order valence-electron chi connectivity index (χ2n) is 4.58. The van der Waals surface area contributed by atoms with Crippen molar-refractivity contribution in [1.82, 2.24) is 4.90 Å². The van der Waals surface area contributed by atoms with Crippen LogP contribution in [0.3, 0.4) is 0 Å². The monoisotopic (exact) mass is 244 g/mol. The van der Waals surface area contributed by atoms with E-state index in [1.807, 2.05) is 11.9 Å². The van der Waals surface area contributed by atoms with Crippen LogP contribution in [0.5, 0.6) is 0 Å². The number of rotatable bonds is 1. The standard InChI is InChI=1S/C12H15F3N2/c1-17-6-9(11(16)7-17)8-4-2-3-5-10(8)12(13,14)15/h2-5,9,11H,6-7,16H2,1H3/t9-,11+/m0/s1. The van der Waals surface area contributed by atoms with Crippen LogP contribution in [-0.4, -0.2) is 31.1 Å². The fourth-order valence-electron chi connectivity index (χ4n) is 2.44. The molecule has 94 valence electrons. The first-order valence-electron chi connectivity index (χ1n) is 5.50. The third kappa shape index (κ3) is 2.45. The summed E-state index contributed by atoms with van der Waals surface area (Å²) in [6.07, 6.45) is -4.31. The molecule has 0 bridgehead atoms. The molecule has 5 heteroatoms. The number of benzene rings is 1. The first-order valence-corrected chi connectivity index (χ1v) is 5.50. The average molecular weight is 244 g/mol. The van der Waals surface area contributed by atoms with E-state index in [1.54, 1.807) is 6.07 Å². The van der Waals surface area contributed by atoms with E-state index >= 15 is 0 Å². The molecule has 2 rings (SSSR count). The molecule has 0 spiro atoms. The molecule has 0 amide bonds. The Morgan fingerprint density at radius 2 is 1.88 bits per heavy atom. The molecular weight excluding hydrogens is 229 g/mol. The summed E-state index contributed by atoms with van der Waals surface area (Å²) in [5, 5.41) is 0. The Labute approximate surface area is 98.2 Å². The lowest BCUT2D eigenvalue weighted by Crippen LogP contribution is -2.29. The minimum atomic E-state index is -4.31. The molecular formula is C12H15F3N2. The summed E-state index contributed by atoms with van der Waals surface area (Å²) in [5.41, 5.74) is 5.66. The van der Waals surface area contributed by atoms with E-state index in [2.05, 4.69) is 0 Å². The third-order valence-corrected chi connectivity index (χ3v) is 3.21. The van der Waals surface area contributed by atoms with E-state index in [0.717, 1.165) is 6.07 Å². The van der Waals surface area contributed by atoms with Gasteiger partial charge in [0.25, 0.3) is 0 Å². The highest BCUT2D eigenvalue weighted by Gasteiger charge is 2.38. The van der Waals surface area contributed by atoms with E-state index in [4.69, 9.17) is 5.73 Å². The molecule has 0 saturated carbocycles. The molecule has 1 aromatic carbocycles. The van der Waals surface area contributed by atoms with Crippen LogP contribution in [0.15, 0.2) is 24.3 Å². The Balaban J connectivity index is 2.39. The van der Waals surface area contributed by atoms with E-state index in [0.29, 0.717) is 18.7 Å². The molecule has 17 heavy (non-hydrogen) atoms. The maximum atomic E-state index is 12.9. The second kappa shape index (κ2) is 4.31. The molecule has 0 unspecified atom stereocenters. The number of nitrogens with two attached hydrogens (primary N) is 1. The Morgan fingerprint density at radius 3 is 2.41 bits per heavy atom. The van der Waals surface area contributed by atoms with Crippen LogP contribution in [0.4, 0.5) is 13.2 Å². The van der Waals surface area contributed by atoms with Gasteiger partial charge >= 0.3 is 6.18 Å². The predicted octanol–water partition coefficient (Wildman–Crippen LogP) is 2.06. The topological polar surface area (TPSA) is 29.3 Å². The smallest absolute Gasteiger partial charge is 0.326 e. The number of nitrogens with zero attached hydrogens (tertiary/aromatic N) is 1. The summed E-state index contributed by atoms with van der Waals surface area (Å²) in [5.74, 6) is -0.238. The first-order chi connectivity index (χ1) is 7.89. The van der Waals surface area contributed by atoms with Gasteiger partial charge in [-0.2, -0.15) is 13.2 Å². The summed E-state index contributed by atoms with van der Waals surface area (Å²) >= 11 is 0. The molecule has 2 nitrogen and oxygen atoms in total. The van der Waals surface area contributed by atoms with E-state index in [1.165, 1.54) is 12.1 Å². The van der Waals surface area contributed by atoms with Crippen molar-refractivity contribution in [3.05, 3.63) is 35.4 Å². The minimum Gasteiger partial charge on any atom is -0.326 e. The van der Waals surface area contributed by atoms with Gasteiger partial charge in [-0.15, -0.1) is 0 Å². The zero-order valence-electron chi connectivity index (χ0n) is 9.54. The number of likely N-dealkylation sites (tertiary alicyclic amines) is 1. The van der Waals surface area contributed by atoms with Crippen LogP contribution < -0.4 is 5.73 Å². The summed E-state index contributed by atoms with van der Waals surface area (Å²) in [4.78, 5) is 1.96. The van der Waals surface area contributed by atoms with Gasteiger partial charge in [-0.1, -0.05) is 18.2 Å². The van der Waals surface area contributed by atoms with Gasteiger partial charge in [-0.3, -0.25) is 0 Å². The van der Waals surface area contributed by atoms with Crippen LogP contribution in [0, 0.1) is 0 Å². The van der Waals surface area contributed by atoms with Gasteiger partial charge in [0.05, 0.1) is 5.56 Å². The fourth-order valence-corrected chi connectivity index (χ4v) is 2.44. The van der Waals surface area contributed by atoms with Gasteiger partial charge in [0, 0.05) is 25.0 Å². The normalized spacial score (nSPS) is 26.4. The van der Waals surface area contributed by atoms with Crippen molar-refractivity contribution in [1.29, 1.82) is 0 Å². The zero-order valence-corrected chi connectivity index (χ0v) is 9.54. The SMILES string of the molecule is CN1C[C@@H](N)[C@H](c2ccccc2C(F)(F)F)C1. The Morgan fingerprint density at radius 1 is 1.24 bits per heavy atom. The molecule has 0 radical (unpaired) electrons. The Hall–Kier alpha value is -1.07. The third-order valence-electron chi connectivity index (χ3n) is 3.21. The number of alkyl halides is 3. The fraction of sp³-hybridized carbons (Fsp3) is 0.500. The lowest BCUT2D eigenvalue weighted by atomic mass is 9.90. The van der Waals surface area contributed by atoms with Crippen molar-refractivity contribution in [2.24, 2.45) is 5.73 Å². The van der Waals surface area contributed by atoms with Crippen molar-refractivity contribution < 1.29 is 13.2 Å². The first kappa shape index (κ1) is 12.4. The van der Waals surface area contributed by atoms with Gasteiger partial charge in [0.1, 0.15) is 0 Å². The summed E-state index contributed by atoms with van der Waals surface area (Å²) in [6.45, 7) is 1.21. The lowest BCUT2D eigenvalue weighted by Gasteiger charge is -2.20. The average Bonchev–Trinajstić information content (AvgIpc) is 2.56. The van der Waals surface area contributed by atoms with Crippen molar-refractivity contribution in [2.75, 3.05) is 20.1 Å². The zero-order chi connectivity index (χ0) is 12.6. The van der Waals surface area contributed by atoms with E-state index < -0.39 is 11.7 Å². The Bertz CT molecular complexity index is 403. The molecule has 1 aliphatic rings. The van der Waals surface area contributed by atoms with Crippen LogP contribution in [0.1, 0.15) is 17.0 Å². The lowest BCUT2D eigenvalue weighted by molar-refractivity contribution is -0.138. The maximum absolute atomic E-state index is 12.9. The minimum absolute atomic E-state index is 0.233.